The number of imide groups is 2. The summed E-state index contributed by atoms with van der Waals surface area (Å²) in [7, 11) is 0. The van der Waals surface area contributed by atoms with Crippen LogP contribution in [0.1, 0.15) is 18.1 Å². The van der Waals surface area contributed by atoms with Crippen molar-refractivity contribution in [3.05, 3.63) is 98.6 Å². The average Bonchev–Trinajstić information content (AvgIpc) is 2.87. The van der Waals surface area contributed by atoms with Gasteiger partial charge in [-0.25, -0.2) is 9.69 Å². The molecular formula is C26H20ClN3O7. The number of benzene rings is 3. The van der Waals surface area contributed by atoms with Gasteiger partial charge in [-0.15, -0.1) is 0 Å². The van der Waals surface area contributed by atoms with E-state index in [9.17, 15) is 24.5 Å². The van der Waals surface area contributed by atoms with Crippen molar-refractivity contribution < 1.29 is 28.8 Å². The smallest absolute Gasteiger partial charge is 0.335 e. The van der Waals surface area contributed by atoms with Gasteiger partial charge >= 0.3 is 6.03 Å². The lowest BCUT2D eigenvalue weighted by atomic mass is 10.1. The first-order chi connectivity index (χ1) is 17.8. The molecule has 0 unspecified atom stereocenters. The maximum atomic E-state index is 13.1. The number of amides is 4. The molecule has 0 aliphatic carbocycles. The van der Waals surface area contributed by atoms with E-state index < -0.39 is 22.8 Å². The van der Waals surface area contributed by atoms with E-state index in [0.717, 1.165) is 11.6 Å². The van der Waals surface area contributed by atoms with E-state index in [0.29, 0.717) is 33.6 Å². The second kappa shape index (κ2) is 10.9. The zero-order valence-corrected chi connectivity index (χ0v) is 20.2. The number of ether oxygens (including phenoxy) is 2. The second-order valence-corrected chi connectivity index (χ2v) is 8.16. The third kappa shape index (κ3) is 5.60. The van der Waals surface area contributed by atoms with Crippen LogP contribution >= 0.6 is 11.6 Å². The number of nitro benzene ring substituents is 1. The van der Waals surface area contributed by atoms with Crippen LogP contribution in [0, 0.1) is 10.1 Å². The summed E-state index contributed by atoms with van der Waals surface area (Å²) in [6.07, 6.45) is 1.30. The van der Waals surface area contributed by atoms with Crippen molar-refractivity contribution in [2.24, 2.45) is 0 Å². The van der Waals surface area contributed by atoms with Crippen molar-refractivity contribution in [2.75, 3.05) is 11.5 Å². The summed E-state index contributed by atoms with van der Waals surface area (Å²) in [6.45, 7) is 2.32. The Labute approximate surface area is 216 Å². The summed E-state index contributed by atoms with van der Waals surface area (Å²) in [5.74, 6) is -1.02. The van der Waals surface area contributed by atoms with E-state index in [-0.39, 0.29) is 23.6 Å². The minimum Gasteiger partial charge on any atom is -0.490 e. The van der Waals surface area contributed by atoms with Gasteiger partial charge in [-0.2, -0.15) is 0 Å². The van der Waals surface area contributed by atoms with E-state index in [1.165, 1.54) is 24.3 Å². The summed E-state index contributed by atoms with van der Waals surface area (Å²) in [5, 5.41) is 13.8. The first-order valence-electron chi connectivity index (χ1n) is 11.1. The first-order valence-corrected chi connectivity index (χ1v) is 11.4. The number of urea groups is 1. The Balaban J connectivity index is 1.63. The Bertz CT molecular complexity index is 1440. The number of carbonyl (C=O) groups is 3. The standard InChI is InChI=1S/C26H20ClN3O7/c1-2-36-23-13-16(10-11-22(23)37-15-17-6-3-4-9-21(17)27)12-20-24(31)28-26(33)29(25(20)32)18-7-5-8-19(14-18)30(34)35/h3-14H,2,15H2,1H3,(H,28,31,33)/b20-12+. The molecule has 4 amide bonds. The molecule has 3 aromatic rings. The Morgan fingerprint density at radius 3 is 2.51 bits per heavy atom. The molecule has 4 rings (SSSR count). The first kappa shape index (κ1) is 25.4. The molecule has 11 heteroatoms. The molecule has 0 atom stereocenters. The van der Waals surface area contributed by atoms with Crippen LogP contribution in [0.2, 0.25) is 5.02 Å². The fourth-order valence-electron chi connectivity index (χ4n) is 3.58. The highest BCUT2D eigenvalue weighted by Gasteiger charge is 2.37. The van der Waals surface area contributed by atoms with Gasteiger partial charge in [0.1, 0.15) is 12.2 Å². The van der Waals surface area contributed by atoms with Crippen LogP contribution in [0.4, 0.5) is 16.2 Å². The van der Waals surface area contributed by atoms with Crippen molar-refractivity contribution in [3.8, 4) is 11.5 Å². The number of non-ortho nitro benzene ring substituents is 1. The normalized spacial score (nSPS) is 14.5. The quantitative estimate of drug-likeness (QED) is 0.193. The van der Waals surface area contributed by atoms with Gasteiger partial charge in [0.05, 0.1) is 17.2 Å². The Hall–Kier alpha value is -4.70. The van der Waals surface area contributed by atoms with Gasteiger partial charge in [-0.3, -0.25) is 25.0 Å². The SMILES string of the molecule is CCOc1cc(/C=C2\C(=O)NC(=O)N(c3cccc([N+](=O)[O-])c3)C2=O)ccc1OCc1ccccc1Cl. The number of hydrogen-bond acceptors (Lipinski definition) is 7. The van der Waals surface area contributed by atoms with Crippen LogP contribution < -0.4 is 19.7 Å². The predicted octanol–water partition coefficient (Wildman–Crippen LogP) is 4.89. The Morgan fingerprint density at radius 2 is 1.78 bits per heavy atom. The lowest BCUT2D eigenvalue weighted by Gasteiger charge is -2.26. The minimum absolute atomic E-state index is 0.0478. The van der Waals surface area contributed by atoms with Gasteiger partial charge in [0.2, 0.25) is 0 Å². The number of nitrogens with one attached hydrogen (secondary N) is 1. The molecule has 0 spiro atoms. The summed E-state index contributed by atoms with van der Waals surface area (Å²) < 4.78 is 11.6. The van der Waals surface area contributed by atoms with E-state index in [1.54, 1.807) is 31.2 Å². The summed E-state index contributed by atoms with van der Waals surface area (Å²) in [4.78, 5) is 49.2. The fourth-order valence-corrected chi connectivity index (χ4v) is 3.77. The van der Waals surface area contributed by atoms with E-state index in [2.05, 4.69) is 5.32 Å². The van der Waals surface area contributed by atoms with E-state index in [1.807, 2.05) is 18.2 Å². The zero-order chi connectivity index (χ0) is 26.5. The second-order valence-electron chi connectivity index (χ2n) is 7.75. The topological polar surface area (TPSA) is 128 Å². The number of anilines is 1. The third-order valence-corrected chi connectivity index (χ3v) is 5.69. The Kier molecular flexibility index (Phi) is 7.49. The molecule has 37 heavy (non-hydrogen) atoms. The van der Waals surface area contributed by atoms with Gasteiger partial charge in [0.15, 0.2) is 11.5 Å². The molecule has 3 aromatic carbocycles. The van der Waals surface area contributed by atoms with Crippen LogP contribution in [-0.4, -0.2) is 29.4 Å². The maximum Gasteiger partial charge on any atom is 0.335 e. The lowest BCUT2D eigenvalue weighted by molar-refractivity contribution is -0.384. The molecular weight excluding hydrogens is 502 g/mol. The predicted molar refractivity (Wildman–Crippen MR) is 135 cm³/mol. The monoisotopic (exact) mass is 521 g/mol. The van der Waals surface area contributed by atoms with Gasteiger partial charge in [0.25, 0.3) is 17.5 Å². The van der Waals surface area contributed by atoms with E-state index >= 15 is 0 Å². The molecule has 1 N–H and O–H groups in total. The van der Waals surface area contributed by atoms with Gasteiger partial charge in [-0.1, -0.05) is 41.9 Å². The van der Waals surface area contributed by atoms with Gasteiger partial charge in [-0.05, 0) is 42.8 Å². The highest BCUT2D eigenvalue weighted by Crippen LogP contribution is 2.32. The van der Waals surface area contributed by atoms with Crippen molar-refractivity contribution in [3.63, 3.8) is 0 Å². The van der Waals surface area contributed by atoms with Crippen molar-refractivity contribution in [2.45, 2.75) is 13.5 Å². The van der Waals surface area contributed by atoms with Crippen LogP contribution in [0.3, 0.4) is 0 Å². The molecule has 1 saturated heterocycles. The Morgan fingerprint density at radius 1 is 1.00 bits per heavy atom. The molecule has 0 aromatic heterocycles. The molecule has 188 valence electrons. The number of nitrogens with zero attached hydrogens (tertiary/aromatic N) is 2. The summed E-state index contributed by atoms with van der Waals surface area (Å²) in [5.41, 5.74) is 0.523. The molecule has 0 bridgehead atoms. The van der Waals surface area contributed by atoms with Crippen LogP contribution in [0.25, 0.3) is 6.08 Å². The lowest BCUT2D eigenvalue weighted by Crippen LogP contribution is -2.54. The number of carbonyl (C=O) groups excluding carboxylic acids is 3. The largest absolute Gasteiger partial charge is 0.490 e. The molecule has 10 nitrogen and oxygen atoms in total. The fraction of sp³-hybridized carbons (Fsp3) is 0.115. The highest BCUT2D eigenvalue weighted by atomic mass is 35.5. The molecule has 1 heterocycles. The number of rotatable bonds is 8. The summed E-state index contributed by atoms with van der Waals surface area (Å²) >= 11 is 6.19. The molecule has 1 fully saturated rings. The third-order valence-electron chi connectivity index (χ3n) is 5.32. The van der Waals surface area contributed by atoms with Gasteiger partial charge in [0, 0.05) is 22.7 Å². The minimum atomic E-state index is -1.01. The molecule has 1 aliphatic rings. The average molecular weight is 522 g/mol. The van der Waals surface area contributed by atoms with Crippen LogP contribution in [0.5, 0.6) is 11.5 Å². The number of halogens is 1. The van der Waals surface area contributed by atoms with Crippen LogP contribution in [-0.2, 0) is 16.2 Å². The summed E-state index contributed by atoms with van der Waals surface area (Å²) in [6, 6.07) is 16.1. The number of nitro groups is 1. The molecule has 0 saturated carbocycles. The highest BCUT2D eigenvalue weighted by molar-refractivity contribution is 6.39. The number of barbiturate groups is 1. The van der Waals surface area contributed by atoms with Crippen molar-refractivity contribution >= 4 is 46.9 Å². The van der Waals surface area contributed by atoms with Crippen molar-refractivity contribution in [1.29, 1.82) is 0 Å². The molecule has 1 aliphatic heterocycles. The van der Waals surface area contributed by atoms with Gasteiger partial charge < -0.3 is 9.47 Å². The van der Waals surface area contributed by atoms with Crippen LogP contribution in [0.15, 0.2) is 72.3 Å². The maximum absolute atomic E-state index is 13.1. The molecule has 0 radical (unpaired) electrons. The van der Waals surface area contributed by atoms with E-state index in [4.69, 9.17) is 21.1 Å². The van der Waals surface area contributed by atoms with Crippen molar-refractivity contribution in [1.82, 2.24) is 5.32 Å². The zero-order valence-electron chi connectivity index (χ0n) is 19.5. The number of hydrogen-bond donors (Lipinski definition) is 1.